The summed E-state index contributed by atoms with van der Waals surface area (Å²) in [4.78, 5) is 14.6. The second-order valence-corrected chi connectivity index (χ2v) is 9.18. The average Bonchev–Trinajstić information content (AvgIpc) is 2.72. The molecular formula is C22H28N2O5S. The highest BCUT2D eigenvalue weighted by Gasteiger charge is 2.26. The zero-order chi connectivity index (χ0) is 21.9. The van der Waals surface area contributed by atoms with Crippen LogP contribution in [-0.2, 0) is 14.8 Å². The normalized spacial score (nSPS) is 15.7. The van der Waals surface area contributed by atoms with Gasteiger partial charge in [-0.25, -0.2) is 13.1 Å². The molecule has 0 unspecified atom stereocenters. The SMILES string of the molecule is COc1ccc(S(=O)(=O)N[C@@H](C)c2ccc(C)cc2C)cc1C(=O)N1CCOCC1. The third kappa shape index (κ3) is 4.83. The molecule has 0 aromatic heterocycles. The van der Waals surface area contributed by atoms with Crippen molar-refractivity contribution in [2.24, 2.45) is 0 Å². The van der Waals surface area contributed by atoms with Crippen LogP contribution in [0.25, 0.3) is 0 Å². The Bertz CT molecular complexity index is 1030. The van der Waals surface area contributed by atoms with Crippen LogP contribution in [0.15, 0.2) is 41.3 Å². The number of ether oxygens (including phenoxy) is 2. The molecule has 1 atom stereocenters. The number of nitrogens with one attached hydrogen (secondary N) is 1. The van der Waals surface area contributed by atoms with E-state index in [1.807, 2.05) is 32.0 Å². The fourth-order valence-electron chi connectivity index (χ4n) is 3.63. The molecule has 8 heteroatoms. The van der Waals surface area contributed by atoms with Gasteiger partial charge >= 0.3 is 0 Å². The molecule has 1 N–H and O–H groups in total. The zero-order valence-corrected chi connectivity index (χ0v) is 18.6. The molecule has 3 rings (SSSR count). The van der Waals surface area contributed by atoms with Crippen molar-refractivity contribution in [1.82, 2.24) is 9.62 Å². The van der Waals surface area contributed by atoms with Crippen molar-refractivity contribution in [3.8, 4) is 5.75 Å². The quantitative estimate of drug-likeness (QED) is 0.759. The van der Waals surface area contributed by atoms with Gasteiger partial charge in [0.25, 0.3) is 5.91 Å². The van der Waals surface area contributed by atoms with Gasteiger partial charge in [0.1, 0.15) is 5.75 Å². The zero-order valence-electron chi connectivity index (χ0n) is 17.8. The lowest BCUT2D eigenvalue weighted by molar-refractivity contribution is 0.0300. The van der Waals surface area contributed by atoms with Gasteiger partial charge in [-0.05, 0) is 50.1 Å². The first kappa shape index (κ1) is 22.3. The van der Waals surface area contributed by atoms with E-state index in [0.29, 0.717) is 32.1 Å². The Morgan fingerprint density at radius 2 is 1.83 bits per heavy atom. The van der Waals surface area contributed by atoms with Gasteiger partial charge in [0.15, 0.2) is 0 Å². The largest absolute Gasteiger partial charge is 0.496 e. The Morgan fingerprint density at radius 3 is 2.47 bits per heavy atom. The maximum absolute atomic E-state index is 13.0. The molecule has 1 aliphatic heterocycles. The van der Waals surface area contributed by atoms with Gasteiger partial charge < -0.3 is 14.4 Å². The molecule has 2 aromatic carbocycles. The van der Waals surface area contributed by atoms with Crippen LogP contribution in [0.1, 0.15) is 40.0 Å². The average molecular weight is 433 g/mol. The number of morpholine rings is 1. The summed E-state index contributed by atoms with van der Waals surface area (Å²) in [6, 6.07) is 9.84. The summed E-state index contributed by atoms with van der Waals surface area (Å²) in [5.74, 6) is 0.0718. The number of hydrogen-bond donors (Lipinski definition) is 1. The van der Waals surface area contributed by atoms with E-state index in [9.17, 15) is 13.2 Å². The van der Waals surface area contributed by atoms with Crippen LogP contribution in [-0.4, -0.2) is 52.6 Å². The molecule has 0 radical (unpaired) electrons. The number of rotatable bonds is 6. The molecule has 0 saturated carbocycles. The topological polar surface area (TPSA) is 84.9 Å². The molecule has 1 saturated heterocycles. The molecule has 1 amide bonds. The summed E-state index contributed by atoms with van der Waals surface area (Å²) in [5.41, 5.74) is 3.26. The summed E-state index contributed by atoms with van der Waals surface area (Å²) < 4.78 is 39.4. The predicted octanol–water partition coefficient (Wildman–Crippen LogP) is 2.82. The van der Waals surface area contributed by atoms with Crippen molar-refractivity contribution in [2.75, 3.05) is 33.4 Å². The van der Waals surface area contributed by atoms with Gasteiger partial charge in [0, 0.05) is 19.1 Å². The molecule has 0 aliphatic carbocycles. The standard InChI is InChI=1S/C22H28N2O5S/c1-15-5-7-19(16(2)13-15)17(3)23-30(26,27)18-6-8-21(28-4)20(14-18)22(25)24-9-11-29-12-10-24/h5-8,13-14,17,23H,9-12H2,1-4H3/t17-/m0/s1. The van der Waals surface area contributed by atoms with Gasteiger partial charge in [0.05, 0.1) is 30.8 Å². The van der Waals surface area contributed by atoms with Crippen LogP contribution >= 0.6 is 0 Å². The molecule has 7 nitrogen and oxygen atoms in total. The summed E-state index contributed by atoms with van der Waals surface area (Å²) in [6.07, 6.45) is 0. The van der Waals surface area contributed by atoms with E-state index in [1.54, 1.807) is 11.8 Å². The van der Waals surface area contributed by atoms with E-state index >= 15 is 0 Å². The van der Waals surface area contributed by atoms with Crippen LogP contribution in [0.5, 0.6) is 5.75 Å². The van der Waals surface area contributed by atoms with E-state index in [-0.39, 0.29) is 16.4 Å². The number of carbonyl (C=O) groups is 1. The van der Waals surface area contributed by atoms with E-state index in [0.717, 1.165) is 16.7 Å². The number of nitrogens with zero attached hydrogens (tertiary/aromatic N) is 1. The Hall–Kier alpha value is -2.42. The first-order valence-electron chi connectivity index (χ1n) is 9.87. The lowest BCUT2D eigenvalue weighted by Crippen LogP contribution is -2.40. The number of sulfonamides is 1. The highest BCUT2D eigenvalue weighted by atomic mass is 32.2. The van der Waals surface area contributed by atoms with Crippen molar-refractivity contribution < 1.29 is 22.7 Å². The molecule has 2 aromatic rings. The van der Waals surface area contributed by atoms with Crippen LogP contribution < -0.4 is 9.46 Å². The molecule has 30 heavy (non-hydrogen) atoms. The van der Waals surface area contributed by atoms with E-state index in [4.69, 9.17) is 9.47 Å². The van der Waals surface area contributed by atoms with E-state index in [1.165, 1.54) is 25.3 Å². The Morgan fingerprint density at radius 1 is 1.13 bits per heavy atom. The van der Waals surface area contributed by atoms with Gasteiger partial charge in [0.2, 0.25) is 10.0 Å². The highest BCUT2D eigenvalue weighted by molar-refractivity contribution is 7.89. The summed E-state index contributed by atoms with van der Waals surface area (Å²) in [6.45, 7) is 7.60. The maximum atomic E-state index is 13.0. The molecule has 0 bridgehead atoms. The molecular weight excluding hydrogens is 404 g/mol. The Labute approximate surface area is 178 Å². The second kappa shape index (κ2) is 9.16. The molecule has 1 heterocycles. The summed E-state index contributed by atoms with van der Waals surface area (Å²) in [7, 11) is -2.39. The number of carbonyl (C=O) groups excluding carboxylic acids is 1. The molecule has 162 valence electrons. The first-order chi connectivity index (χ1) is 14.2. The Balaban J connectivity index is 1.89. The maximum Gasteiger partial charge on any atom is 0.257 e. The smallest absolute Gasteiger partial charge is 0.257 e. The van der Waals surface area contributed by atoms with Crippen molar-refractivity contribution >= 4 is 15.9 Å². The van der Waals surface area contributed by atoms with Crippen LogP contribution in [0.2, 0.25) is 0 Å². The van der Waals surface area contributed by atoms with Crippen molar-refractivity contribution in [1.29, 1.82) is 0 Å². The van der Waals surface area contributed by atoms with E-state index in [2.05, 4.69) is 4.72 Å². The summed E-state index contributed by atoms with van der Waals surface area (Å²) >= 11 is 0. The van der Waals surface area contributed by atoms with E-state index < -0.39 is 16.1 Å². The van der Waals surface area contributed by atoms with Crippen molar-refractivity contribution in [3.63, 3.8) is 0 Å². The number of hydrogen-bond acceptors (Lipinski definition) is 5. The van der Waals surface area contributed by atoms with Gasteiger partial charge in [-0.1, -0.05) is 23.8 Å². The van der Waals surface area contributed by atoms with Gasteiger partial charge in [-0.2, -0.15) is 0 Å². The summed E-state index contributed by atoms with van der Waals surface area (Å²) in [5, 5.41) is 0. The molecule has 0 spiro atoms. The second-order valence-electron chi connectivity index (χ2n) is 7.47. The van der Waals surface area contributed by atoms with Gasteiger partial charge in [-0.3, -0.25) is 4.79 Å². The highest BCUT2D eigenvalue weighted by Crippen LogP contribution is 2.26. The van der Waals surface area contributed by atoms with Crippen LogP contribution in [0.4, 0.5) is 0 Å². The Kier molecular flexibility index (Phi) is 6.80. The van der Waals surface area contributed by atoms with Crippen molar-refractivity contribution in [3.05, 3.63) is 58.7 Å². The fraction of sp³-hybridized carbons (Fsp3) is 0.409. The number of benzene rings is 2. The monoisotopic (exact) mass is 432 g/mol. The van der Waals surface area contributed by atoms with Crippen molar-refractivity contribution in [2.45, 2.75) is 31.7 Å². The minimum Gasteiger partial charge on any atom is -0.496 e. The fourth-order valence-corrected chi connectivity index (χ4v) is 4.88. The lowest BCUT2D eigenvalue weighted by Gasteiger charge is -2.27. The lowest BCUT2D eigenvalue weighted by atomic mass is 10.0. The van der Waals surface area contributed by atoms with Crippen LogP contribution in [0, 0.1) is 13.8 Å². The predicted molar refractivity (Wildman–Crippen MR) is 114 cm³/mol. The number of methoxy groups -OCH3 is 1. The minimum atomic E-state index is -3.85. The number of aryl methyl sites for hydroxylation is 2. The van der Waals surface area contributed by atoms with Crippen LogP contribution in [0.3, 0.4) is 0 Å². The third-order valence-electron chi connectivity index (χ3n) is 5.23. The van der Waals surface area contributed by atoms with Gasteiger partial charge in [-0.15, -0.1) is 0 Å². The first-order valence-corrected chi connectivity index (χ1v) is 11.4. The molecule has 1 fully saturated rings. The third-order valence-corrected chi connectivity index (χ3v) is 6.77. The number of amides is 1. The molecule has 1 aliphatic rings. The minimum absolute atomic E-state index is 0.0246.